The van der Waals surface area contributed by atoms with E-state index in [2.05, 4.69) is 5.32 Å². The van der Waals surface area contributed by atoms with Crippen LogP contribution in [0.15, 0.2) is 0 Å². The molecule has 1 atom stereocenters. The molecule has 6 heteroatoms. The highest BCUT2D eigenvalue weighted by molar-refractivity contribution is 5.86. The topological polar surface area (TPSA) is 113 Å². The van der Waals surface area contributed by atoms with E-state index in [-0.39, 0.29) is 6.42 Å². The molecule has 0 heterocycles. The summed E-state index contributed by atoms with van der Waals surface area (Å²) in [5, 5.41) is 20.9. The first kappa shape index (κ1) is 15.9. The summed E-state index contributed by atoms with van der Waals surface area (Å²) in [7, 11) is 0. The second-order valence-corrected chi connectivity index (χ2v) is 5.22. The van der Waals surface area contributed by atoms with Crippen LogP contribution in [0, 0.1) is 5.92 Å². The van der Waals surface area contributed by atoms with Crippen molar-refractivity contribution in [2.24, 2.45) is 11.7 Å². The van der Waals surface area contributed by atoms with E-state index in [1.807, 2.05) is 13.8 Å². The summed E-state index contributed by atoms with van der Waals surface area (Å²) in [4.78, 5) is 22.5. The number of carbonyl (C=O) groups is 2. The van der Waals surface area contributed by atoms with Gasteiger partial charge in [-0.25, -0.2) is 4.79 Å². The number of nitrogens with one attached hydrogen (secondary N) is 1. The zero-order chi connectivity index (χ0) is 13.9. The van der Waals surface area contributed by atoms with Crippen molar-refractivity contribution in [3.05, 3.63) is 0 Å². The Morgan fingerprint density at radius 3 is 2.12 bits per heavy atom. The molecule has 0 fully saturated rings. The summed E-state index contributed by atoms with van der Waals surface area (Å²) < 4.78 is 0. The molecule has 0 aromatic rings. The van der Waals surface area contributed by atoms with Gasteiger partial charge in [0.25, 0.3) is 5.72 Å². The average molecular weight is 246 g/mol. The number of carboxylic acids is 1. The molecule has 0 aliphatic rings. The lowest BCUT2D eigenvalue weighted by Gasteiger charge is -2.36. The number of hydrogen-bond acceptors (Lipinski definition) is 4. The molecule has 100 valence electrons. The zero-order valence-electron chi connectivity index (χ0n) is 10.8. The molecule has 0 aromatic carbocycles. The SMILES string of the molecule is CC(C)CCC(=O)N[C@](O)(C(=O)O)C(C)(C)N. The standard InChI is InChI=1S/C11H22N2O4/c1-7(2)5-6-8(14)13-11(17,9(15)16)10(3,4)12/h7,17H,5-6,12H2,1-4H3,(H,13,14)(H,15,16)/t11-/m0/s1. The van der Waals surface area contributed by atoms with E-state index in [0.29, 0.717) is 12.3 Å². The van der Waals surface area contributed by atoms with Gasteiger partial charge in [-0.15, -0.1) is 0 Å². The molecule has 0 aromatic heterocycles. The lowest BCUT2D eigenvalue weighted by Crippen LogP contribution is -2.70. The van der Waals surface area contributed by atoms with Crippen molar-refractivity contribution in [3.63, 3.8) is 0 Å². The van der Waals surface area contributed by atoms with Gasteiger partial charge in [-0.3, -0.25) is 4.79 Å². The first-order chi connectivity index (χ1) is 7.50. The lowest BCUT2D eigenvalue weighted by molar-refractivity contribution is -0.173. The molecular formula is C11H22N2O4. The maximum Gasteiger partial charge on any atom is 0.359 e. The van der Waals surface area contributed by atoms with Gasteiger partial charge in [0.05, 0.1) is 5.54 Å². The maximum atomic E-state index is 11.5. The summed E-state index contributed by atoms with van der Waals surface area (Å²) in [5.41, 5.74) is 1.64. The van der Waals surface area contributed by atoms with E-state index < -0.39 is 23.1 Å². The molecule has 0 spiro atoms. The average Bonchev–Trinajstić information content (AvgIpc) is 2.12. The fraction of sp³-hybridized carbons (Fsp3) is 0.818. The smallest absolute Gasteiger partial charge is 0.359 e. The van der Waals surface area contributed by atoms with Crippen LogP contribution in [0.2, 0.25) is 0 Å². The Kier molecular flexibility index (Phi) is 5.10. The first-order valence-electron chi connectivity index (χ1n) is 5.56. The second kappa shape index (κ2) is 5.46. The summed E-state index contributed by atoms with van der Waals surface area (Å²) in [6, 6.07) is 0. The highest BCUT2D eigenvalue weighted by atomic mass is 16.4. The Balaban J connectivity index is 4.69. The molecular weight excluding hydrogens is 224 g/mol. The normalized spacial score (nSPS) is 15.5. The van der Waals surface area contributed by atoms with Crippen molar-refractivity contribution in [1.82, 2.24) is 5.32 Å². The first-order valence-corrected chi connectivity index (χ1v) is 5.56. The predicted octanol–water partition coefficient (Wildman–Crippen LogP) is 0.0493. The van der Waals surface area contributed by atoms with Gasteiger partial charge in [-0.05, 0) is 26.2 Å². The van der Waals surface area contributed by atoms with Gasteiger partial charge < -0.3 is 21.3 Å². The van der Waals surface area contributed by atoms with E-state index in [9.17, 15) is 14.7 Å². The Hall–Kier alpha value is -1.14. The highest BCUT2D eigenvalue weighted by Crippen LogP contribution is 2.17. The Morgan fingerprint density at radius 2 is 1.82 bits per heavy atom. The molecule has 0 radical (unpaired) electrons. The van der Waals surface area contributed by atoms with Crippen LogP contribution in [0.4, 0.5) is 0 Å². The summed E-state index contributed by atoms with van der Waals surface area (Å²) >= 11 is 0. The summed E-state index contributed by atoms with van der Waals surface area (Å²) in [6.45, 7) is 6.57. The molecule has 17 heavy (non-hydrogen) atoms. The van der Waals surface area contributed by atoms with Gasteiger partial charge in [0, 0.05) is 6.42 Å². The van der Waals surface area contributed by atoms with Crippen LogP contribution in [0.25, 0.3) is 0 Å². The highest BCUT2D eigenvalue weighted by Gasteiger charge is 2.49. The molecule has 0 aliphatic heterocycles. The molecule has 0 bridgehead atoms. The van der Waals surface area contributed by atoms with Crippen LogP contribution in [-0.2, 0) is 9.59 Å². The minimum Gasteiger partial charge on any atom is -0.478 e. The van der Waals surface area contributed by atoms with Crippen molar-refractivity contribution in [1.29, 1.82) is 0 Å². The lowest BCUT2D eigenvalue weighted by atomic mass is 9.91. The van der Waals surface area contributed by atoms with Crippen LogP contribution in [0.5, 0.6) is 0 Å². The van der Waals surface area contributed by atoms with Crippen molar-refractivity contribution in [2.45, 2.75) is 51.8 Å². The van der Waals surface area contributed by atoms with E-state index in [0.717, 1.165) is 0 Å². The van der Waals surface area contributed by atoms with Crippen LogP contribution in [0.1, 0.15) is 40.5 Å². The third-order valence-corrected chi connectivity index (χ3v) is 2.51. The second-order valence-electron chi connectivity index (χ2n) is 5.22. The summed E-state index contributed by atoms with van der Waals surface area (Å²) in [5.74, 6) is -1.77. The zero-order valence-corrected chi connectivity index (χ0v) is 10.8. The van der Waals surface area contributed by atoms with Gasteiger partial charge in [0.15, 0.2) is 0 Å². The fourth-order valence-electron chi connectivity index (χ4n) is 1.17. The molecule has 0 aliphatic carbocycles. The number of aliphatic hydroxyl groups is 1. The van der Waals surface area contributed by atoms with Crippen LogP contribution >= 0.6 is 0 Å². The third-order valence-electron chi connectivity index (χ3n) is 2.51. The molecule has 6 nitrogen and oxygen atoms in total. The molecule has 0 saturated heterocycles. The fourth-order valence-corrected chi connectivity index (χ4v) is 1.17. The predicted molar refractivity (Wildman–Crippen MR) is 63.1 cm³/mol. The number of rotatable bonds is 6. The Labute approximate surface area is 101 Å². The minimum absolute atomic E-state index is 0.156. The van der Waals surface area contributed by atoms with Crippen molar-refractivity contribution < 1.29 is 19.8 Å². The quantitative estimate of drug-likeness (QED) is 0.495. The van der Waals surface area contributed by atoms with Gasteiger partial charge in [-0.1, -0.05) is 13.8 Å². The Bertz CT molecular complexity index is 296. The molecule has 1 amide bonds. The van der Waals surface area contributed by atoms with Gasteiger partial charge in [0.2, 0.25) is 5.91 Å². The maximum absolute atomic E-state index is 11.5. The van der Waals surface area contributed by atoms with E-state index in [1.165, 1.54) is 13.8 Å². The van der Waals surface area contributed by atoms with E-state index in [4.69, 9.17) is 10.8 Å². The van der Waals surface area contributed by atoms with Crippen LogP contribution in [-0.4, -0.2) is 33.4 Å². The Morgan fingerprint density at radius 1 is 1.35 bits per heavy atom. The van der Waals surface area contributed by atoms with E-state index >= 15 is 0 Å². The number of carboxylic acid groups (broad SMARTS) is 1. The molecule has 0 rings (SSSR count). The third kappa shape index (κ3) is 4.32. The molecule has 5 N–H and O–H groups in total. The van der Waals surface area contributed by atoms with Gasteiger partial charge in [0.1, 0.15) is 0 Å². The van der Waals surface area contributed by atoms with Gasteiger partial charge >= 0.3 is 5.97 Å². The van der Waals surface area contributed by atoms with Crippen LogP contribution in [0.3, 0.4) is 0 Å². The van der Waals surface area contributed by atoms with Crippen molar-refractivity contribution in [2.75, 3.05) is 0 Å². The minimum atomic E-state index is -2.46. The number of nitrogens with two attached hydrogens (primary N) is 1. The number of hydrogen-bond donors (Lipinski definition) is 4. The molecule has 0 saturated carbocycles. The van der Waals surface area contributed by atoms with Gasteiger partial charge in [-0.2, -0.15) is 0 Å². The monoisotopic (exact) mass is 246 g/mol. The molecule has 0 unspecified atom stereocenters. The van der Waals surface area contributed by atoms with E-state index in [1.54, 1.807) is 0 Å². The largest absolute Gasteiger partial charge is 0.478 e. The number of carbonyl (C=O) groups excluding carboxylic acids is 1. The number of amides is 1. The van der Waals surface area contributed by atoms with Crippen molar-refractivity contribution >= 4 is 11.9 Å². The summed E-state index contributed by atoms with van der Waals surface area (Å²) in [6.07, 6.45) is 0.774. The number of aliphatic carboxylic acids is 1. The van der Waals surface area contributed by atoms with Crippen LogP contribution < -0.4 is 11.1 Å². The van der Waals surface area contributed by atoms with Crippen molar-refractivity contribution in [3.8, 4) is 0 Å².